The van der Waals surface area contributed by atoms with Gasteiger partial charge >= 0.3 is 0 Å². The Balaban J connectivity index is 2.13. The molecule has 0 aliphatic heterocycles. The Hall–Kier alpha value is -0.650. The summed E-state index contributed by atoms with van der Waals surface area (Å²) in [4.78, 5) is 14.1. The zero-order valence-electron chi connectivity index (χ0n) is 12.5. The molecular formula is C14H29N3O2. The molecule has 1 fully saturated rings. The number of hydrogen-bond donors (Lipinski definition) is 2. The van der Waals surface area contributed by atoms with Crippen LogP contribution in [-0.4, -0.2) is 57.2 Å². The van der Waals surface area contributed by atoms with E-state index in [1.54, 1.807) is 0 Å². The largest absolute Gasteiger partial charge is 0.378 e. The van der Waals surface area contributed by atoms with E-state index < -0.39 is 0 Å². The molecule has 3 unspecified atom stereocenters. The van der Waals surface area contributed by atoms with Crippen molar-refractivity contribution in [3.8, 4) is 0 Å². The number of nitrogens with one attached hydrogen (secondary N) is 1. The van der Waals surface area contributed by atoms with Crippen LogP contribution in [0.2, 0.25) is 0 Å². The van der Waals surface area contributed by atoms with Crippen molar-refractivity contribution < 1.29 is 9.53 Å². The van der Waals surface area contributed by atoms with Crippen LogP contribution in [-0.2, 0) is 9.53 Å². The van der Waals surface area contributed by atoms with E-state index in [1.807, 2.05) is 14.1 Å². The summed E-state index contributed by atoms with van der Waals surface area (Å²) in [5.74, 6) is 0.674. The fourth-order valence-electron chi connectivity index (χ4n) is 2.43. The second kappa shape index (κ2) is 8.51. The molecule has 0 saturated heterocycles. The highest BCUT2D eigenvalue weighted by Gasteiger charge is 2.31. The van der Waals surface area contributed by atoms with Gasteiger partial charge in [0.2, 0.25) is 5.91 Å². The number of amides is 1. The molecular weight excluding hydrogens is 242 g/mol. The smallest absolute Gasteiger partial charge is 0.224 e. The second-order valence-electron chi connectivity index (χ2n) is 5.90. The number of likely N-dealkylation sites (N-methyl/N-ethyl adjacent to an activating group) is 1. The molecule has 1 saturated carbocycles. The maximum absolute atomic E-state index is 12.0. The van der Waals surface area contributed by atoms with Gasteiger partial charge in [-0.2, -0.15) is 0 Å². The molecule has 1 aliphatic carbocycles. The number of nitrogens with two attached hydrogens (primary N) is 1. The lowest BCUT2D eigenvalue weighted by Crippen LogP contribution is -2.45. The molecule has 0 aromatic carbocycles. The number of rotatable bonds is 7. The van der Waals surface area contributed by atoms with Crippen LogP contribution in [0.5, 0.6) is 0 Å². The lowest BCUT2D eigenvalue weighted by molar-refractivity contribution is -0.127. The van der Waals surface area contributed by atoms with Gasteiger partial charge in [-0.1, -0.05) is 6.92 Å². The highest BCUT2D eigenvalue weighted by molar-refractivity contribution is 5.79. The second-order valence-corrected chi connectivity index (χ2v) is 5.90. The minimum atomic E-state index is -0.0227. The topological polar surface area (TPSA) is 67.6 Å². The molecule has 0 aromatic rings. The van der Waals surface area contributed by atoms with Gasteiger partial charge in [0.25, 0.3) is 0 Å². The number of ether oxygens (including phenoxy) is 1. The van der Waals surface area contributed by atoms with E-state index in [1.165, 1.54) is 0 Å². The first-order chi connectivity index (χ1) is 9.00. The quantitative estimate of drug-likeness (QED) is 0.660. The third kappa shape index (κ3) is 6.36. The minimum absolute atomic E-state index is 0.0193. The predicted octanol–water partition coefficient (Wildman–Crippen LogP) is 0.444. The molecule has 0 aromatic heterocycles. The SMILES string of the molecule is CC1CCC(N)C(C(=O)NCCOCCN(C)C)C1. The van der Waals surface area contributed by atoms with Crippen molar-refractivity contribution in [3.05, 3.63) is 0 Å². The first-order valence-electron chi connectivity index (χ1n) is 7.26. The van der Waals surface area contributed by atoms with Crippen molar-refractivity contribution in [2.24, 2.45) is 17.6 Å². The van der Waals surface area contributed by atoms with E-state index in [-0.39, 0.29) is 17.9 Å². The van der Waals surface area contributed by atoms with Crippen molar-refractivity contribution in [1.82, 2.24) is 10.2 Å². The van der Waals surface area contributed by atoms with Gasteiger partial charge in [-0.25, -0.2) is 0 Å². The Bertz CT molecular complexity index is 271. The van der Waals surface area contributed by atoms with Crippen LogP contribution >= 0.6 is 0 Å². The number of nitrogens with zero attached hydrogens (tertiary/aromatic N) is 1. The van der Waals surface area contributed by atoms with Gasteiger partial charge < -0.3 is 20.7 Å². The molecule has 0 radical (unpaired) electrons. The molecule has 3 atom stereocenters. The van der Waals surface area contributed by atoms with Crippen LogP contribution in [0.1, 0.15) is 26.2 Å². The third-order valence-corrected chi connectivity index (χ3v) is 3.73. The average molecular weight is 271 g/mol. The Kier molecular flexibility index (Phi) is 7.34. The van der Waals surface area contributed by atoms with Gasteiger partial charge in [-0.15, -0.1) is 0 Å². The molecule has 1 rings (SSSR count). The van der Waals surface area contributed by atoms with Crippen LogP contribution < -0.4 is 11.1 Å². The summed E-state index contributed by atoms with van der Waals surface area (Å²) in [7, 11) is 4.02. The molecule has 1 amide bonds. The number of carbonyl (C=O) groups excluding carboxylic acids is 1. The summed E-state index contributed by atoms with van der Waals surface area (Å²) < 4.78 is 5.44. The first-order valence-corrected chi connectivity index (χ1v) is 7.26. The Labute approximate surface area is 116 Å². The monoisotopic (exact) mass is 271 g/mol. The van der Waals surface area contributed by atoms with Gasteiger partial charge in [0.15, 0.2) is 0 Å². The van der Waals surface area contributed by atoms with E-state index in [0.29, 0.717) is 25.7 Å². The van der Waals surface area contributed by atoms with E-state index in [4.69, 9.17) is 10.5 Å². The zero-order chi connectivity index (χ0) is 14.3. The third-order valence-electron chi connectivity index (χ3n) is 3.73. The van der Waals surface area contributed by atoms with Crippen LogP contribution in [0.3, 0.4) is 0 Å². The molecule has 0 spiro atoms. The average Bonchev–Trinajstić information content (AvgIpc) is 2.36. The van der Waals surface area contributed by atoms with E-state index in [9.17, 15) is 4.79 Å². The number of carbonyl (C=O) groups is 1. The Morgan fingerprint density at radius 1 is 1.37 bits per heavy atom. The maximum Gasteiger partial charge on any atom is 0.224 e. The van der Waals surface area contributed by atoms with Crippen molar-refractivity contribution >= 4 is 5.91 Å². The fourth-order valence-corrected chi connectivity index (χ4v) is 2.43. The van der Waals surface area contributed by atoms with Gasteiger partial charge in [0.1, 0.15) is 0 Å². The summed E-state index contributed by atoms with van der Waals surface area (Å²) in [6, 6.07) is 0.0193. The van der Waals surface area contributed by atoms with E-state index in [0.717, 1.165) is 25.8 Å². The molecule has 1 aliphatic rings. The zero-order valence-corrected chi connectivity index (χ0v) is 12.5. The summed E-state index contributed by atoms with van der Waals surface area (Å²) in [5, 5.41) is 2.93. The van der Waals surface area contributed by atoms with E-state index in [2.05, 4.69) is 17.1 Å². The predicted molar refractivity (Wildman–Crippen MR) is 76.9 cm³/mol. The summed E-state index contributed by atoms with van der Waals surface area (Å²) in [5.41, 5.74) is 6.03. The molecule has 5 nitrogen and oxygen atoms in total. The molecule has 112 valence electrons. The summed E-state index contributed by atoms with van der Waals surface area (Å²) in [6.07, 6.45) is 3.01. The van der Waals surface area contributed by atoms with Crippen molar-refractivity contribution in [2.45, 2.75) is 32.2 Å². The lowest BCUT2D eigenvalue weighted by atomic mass is 9.79. The van der Waals surface area contributed by atoms with Gasteiger partial charge in [-0.05, 0) is 39.3 Å². The highest BCUT2D eigenvalue weighted by atomic mass is 16.5. The summed E-state index contributed by atoms with van der Waals surface area (Å²) in [6.45, 7) is 4.93. The molecule has 5 heteroatoms. The first kappa shape index (κ1) is 16.4. The fraction of sp³-hybridized carbons (Fsp3) is 0.929. The van der Waals surface area contributed by atoms with Crippen molar-refractivity contribution in [2.75, 3.05) is 40.4 Å². The standard InChI is InChI=1S/C14H29N3O2/c1-11-4-5-13(15)12(10-11)14(18)16-6-8-19-9-7-17(2)3/h11-13H,4-10,15H2,1-3H3,(H,16,18). The lowest BCUT2D eigenvalue weighted by Gasteiger charge is -2.31. The van der Waals surface area contributed by atoms with Crippen LogP contribution in [0, 0.1) is 11.8 Å². The minimum Gasteiger partial charge on any atom is -0.378 e. The maximum atomic E-state index is 12.0. The molecule has 0 bridgehead atoms. The van der Waals surface area contributed by atoms with Crippen LogP contribution in [0.4, 0.5) is 0 Å². The number of hydrogen-bond acceptors (Lipinski definition) is 4. The van der Waals surface area contributed by atoms with Crippen molar-refractivity contribution in [1.29, 1.82) is 0 Å². The molecule has 19 heavy (non-hydrogen) atoms. The van der Waals surface area contributed by atoms with Crippen LogP contribution in [0.25, 0.3) is 0 Å². The highest BCUT2D eigenvalue weighted by Crippen LogP contribution is 2.27. The molecule has 3 N–H and O–H groups in total. The summed E-state index contributed by atoms with van der Waals surface area (Å²) >= 11 is 0. The van der Waals surface area contributed by atoms with Crippen molar-refractivity contribution in [3.63, 3.8) is 0 Å². The van der Waals surface area contributed by atoms with Gasteiger partial charge in [0, 0.05) is 19.1 Å². The normalized spacial score (nSPS) is 27.5. The van der Waals surface area contributed by atoms with E-state index >= 15 is 0 Å². The molecule has 0 heterocycles. The Morgan fingerprint density at radius 2 is 2.11 bits per heavy atom. The Morgan fingerprint density at radius 3 is 2.79 bits per heavy atom. The van der Waals surface area contributed by atoms with Gasteiger partial charge in [0.05, 0.1) is 19.1 Å². The van der Waals surface area contributed by atoms with Gasteiger partial charge in [-0.3, -0.25) is 4.79 Å². The van der Waals surface area contributed by atoms with Crippen LogP contribution in [0.15, 0.2) is 0 Å².